The Morgan fingerprint density at radius 2 is 1.77 bits per heavy atom. The summed E-state index contributed by atoms with van der Waals surface area (Å²) in [5.41, 5.74) is 1.66. The third-order valence-electron chi connectivity index (χ3n) is 5.85. The van der Waals surface area contributed by atoms with Gasteiger partial charge < -0.3 is 19.9 Å². The Morgan fingerprint density at radius 3 is 2.50 bits per heavy atom. The van der Waals surface area contributed by atoms with E-state index in [1.807, 2.05) is 4.57 Å². The van der Waals surface area contributed by atoms with Gasteiger partial charge in [0.05, 0.1) is 40.1 Å². The monoisotopic (exact) mass is 577 g/mol. The maximum Gasteiger partial charge on any atom is 0.263 e. The molecule has 0 saturated heterocycles. The van der Waals surface area contributed by atoms with Gasteiger partial charge in [0.1, 0.15) is 5.75 Å². The number of hydrogen-bond acceptors (Lipinski definition) is 8. The van der Waals surface area contributed by atoms with E-state index in [4.69, 9.17) is 16.3 Å². The van der Waals surface area contributed by atoms with Gasteiger partial charge in [-0.05, 0) is 42.5 Å². The van der Waals surface area contributed by atoms with Gasteiger partial charge in [-0.2, -0.15) is 0 Å². The third-order valence-corrected chi connectivity index (χ3v) is 7.52. The maximum absolute atomic E-state index is 13.5. The molecule has 5 rings (SSSR count). The quantitative estimate of drug-likeness (QED) is 0.221. The molecule has 11 nitrogen and oxygen atoms in total. The highest BCUT2D eigenvalue weighted by atomic mass is 35.5. The van der Waals surface area contributed by atoms with E-state index in [0.717, 1.165) is 0 Å². The van der Waals surface area contributed by atoms with Crippen molar-refractivity contribution in [1.29, 1.82) is 0 Å². The number of rotatable bonds is 10. The van der Waals surface area contributed by atoms with Crippen LogP contribution in [0.15, 0.2) is 90.3 Å². The van der Waals surface area contributed by atoms with Gasteiger partial charge in [0.15, 0.2) is 11.6 Å². The molecule has 0 fully saturated rings. The number of amides is 1. The van der Waals surface area contributed by atoms with Crippen molar-refractivity contribution in [2.45, 2.75) is 11.4 Å². The van der Waals surface area contributed by atoms with Crippen molar-refractivity contribution in [3.63, 3.8) is 0 Å². The Bertz CT molecular complexity index is 1780. The van der Waals surface area contributed by atoms with Crippen LogP contribution in [0.2, 0.25) is 5.02 Å². The van der Waals surface area contributed by atoms with Gasteiger partial charge in [-0.15, -0.1) is 0 Å². The molecule has 0 aliphatic carbocycles. The molecule has 0 spiro atoms. The van der Waals surface area contributed by atoms with E-state index in [2.05, 4.69) is 30.3 Å². The van der Waals surface area contributed by atoms with E-state index in [0.29, 0.717) is 40.6 Å². The number of aromatic nitrogens is 4. The number of nitrogens with one attached hydrogen (secondary N) is 3. The number of ether oxygens (including phenoxy) is 1. The molecule has 0 unspecified atom stereocenters. The number of halogens is 1. The predicted molar refractivity (Wildman–Crippen MR) is 153 cm³/mol. The molecule has 13 heteroatoms. The van der Waals surface area contributed by atoms with E-state index in [1.165, 1.54) is 25.3 Å². The average Bonchev–Trinajstić information content (AvgIpc) is 3.48. The van der Waals surface area contributed by atoms with Gasteiger partial charge in [0.25, 0.3) is 15.9 Å². The number of nitrogens with zero attached hydrogens (tertiary/aromatic N) is 4. The molecule has 1 amide bonds. The lowest BCUT2D eigenvalue weighted by Gasteiger charge is -2.15. The first-order chi connectivity index (χ1) is 19.3. The zero-order valence-corrected chi connectivity index (χ0v) is 22.8. The third kappa shape index (κ3) is 6.14. The van der Waals surface area contributed by atoms with Crippen LogP contribution in [0.5, 0.6) is 5.75 Å². The van der Waals surface area contributed by atoms with Crippen LogP contribution in [0.4, 0.5) is 17.3 Å². The van der Waals surface area contributed by atoms with Crippen molar-refractivity contribution in [2.75, 3.05) is 23.7 Å². The lowest BCUT2D eigenvalue weighted by atomic mass is 10.2. The molecule has 0 bridgehead atoms. The molecular formula is C27H24ClN7O4S. The average molecular weight is 578 g/mol. The largest absolute Gasteiger partial charge is 0.497 e. The molecule has 40 heavy (non-hydrogen) atoms. The van der Waals surface area contributed by atoms with Gasteiger partial charge in [0, 0.05) is 37.1 Å². The molecule has 5 aromatic rings. The molecule has 0 radical (unpaired) electrons. The summed E-state index contributed by atoms with van der Waals surface area (Å²) in [6, 6.07) is 17.8. The molecule has 0 aliphatic rings. The van der Waals surface area contributed by atoms with E-state index < -0.39 is 15.9 Å². The minimum absolute atomic E-state index is 0.0484. The number of methoxy groups -OCH3 is 1. The lowest BCUT2D eigenvalue weighted by Crippen LogP contribution is -2.27. The second-order valence-corrected chi connectivity index (χ2v) is 10.7. The fraction of sp³-hybridized carbons (Fsp3) is 0.111. The molecular weight excluding hydrogens is 554 g/mol. The zero-order valence-electron chi connectivity index (χ0n) is 21.2. The summed E-state index contributed by atoms with van der Waals surface area (Å²) in [4.78, 5) is 25.6. The summed E-state index contributed by atoms with van der Waals surface area (Å²) in [7, 11) is -2.65. The number of benzene rings is 3. The summed E-state index contributed by atoms with van der Waals surface area (Å²) < 4.78 is 36.5. The number of anilines is 3. The molecule has 3 aromatic carbocycles. The van der Waals surface area contributed by atoms with Crippen LogP contribution in [-0.4, -0.2) is 47.5 Å². The van der Waals surface area contributed by atoms with Gasteiger partial charge >= 0.3 is 0 Å². The highest BCUT2D eigenvalue weighted by molar-refractivity contribution is 7.92. The molecule has 3 N–H and O–H groups in total. The van der Waals surface area contributed by atoms with E-state index in [-0.39, 0.29) is 22.1 Å². The number of fused-ring (bicyclic) bond motifs is 1. The van der Waals surface area contributed by atoms with Gasteiger partial charge in [-0.3, -0.25) is 9.52 Å². The second-order valence-electron chi connectivity index (χ2n) is 8.57. The zero-order chi connectivity index (χ0) is 28.1. The van der Waals surface area contributed by atoms with Crippen molar-refractivity contribution in [1.82, 2.24) is 24.8 Å². The van der Waals surface area contributed by atoms with Gasteiger partial charge in [-0.25, -0.2) is 23.4 Å². The smallest absolute Gasteiger partial charge is 0.263 e. The molecule has 2 heterocycles. The van der Waals surface area contributed by atoms with Crippen molar-refractivity contribution in [2.24, 2.45) is 0 Å². The Labute approximate surface area is 235 Å². The second kappa shape index (κ2) is 11.6. The first-order valence-electron chi connectivity index (χ1n) is 12.1. The van der Waals surface area contributed by atoms with Crippen LogP contribution in [0.3, 0.4) is 0 Å². The Kier molecular flexibility index (Phi) is 7.80. The number of sulfonamides is 1. The first-order valence-corrected chi connectivity index (χ1v) is 13.9. The molecule has 0 atom stereocenters. The van der Waals surface area contributed by atoms with Crippen LogP contribution < -0.4 is 20.1 Å². The van der Waals surface area contributed by atoms with Crippen LogP contribution in [-0.2, 0) is 16.6 Å². The maximum atomic E-state index is 13.5. The van der Waals surface area contributed by atoms with Crippen LogP contribution in [0, 0.1) is 0 Å². The summed E-state index contributed by atoms with van der Waals surface area (Å²) in [5.74, 6) is 0.221. The number of para-hydroxylation sites is 2. The highest BCUT2D eigenvalue weighted by Crippen LogP contribution is 2.32. The minimum Gasteiger partial charge on any atom is -0.497 e. The number of imidazole rings is 1. The van der Waals surface area contributed by atoms with E-state index >= 15 is 0 Å². The highest BCUT2D eigenvalue weighted by Gasteiger charge is 2.21. The van der Waals surface area contributed by atoms with Crippen molar-refractivity contribution in [3.8, 4) is 5.75 Å². The Balaban J connectivity index is 1.42. The predicted octanol–water partition coefficient (Wildman–Crippen LogP) is 4.46. The topological polar surface area (TPSA) is 140 Å². The number of carbonyl (C=O) groups is 1. The van der Waals surface area contributed by atoms with Crippen LogP contribution in [0.25, 0.3) is 11.0 Å². The van der Waals surface area contributed by atoms with Crippen LogP contribution >= 0.6 is 11.6 Å². The summed E-state index contributed by atoms with van der Waals surface area (Å²) in [6.45, 7) is 0.873. The van der Waals surface area contributed by atoms with E-state index in [1.54, 1.807) is 67.3 Å². The van der Waals surface area contributed by atoms with Gasteiger partial charge in [0.2, 0.25) is 0 Å². The molecule has 204 valence electrons. The van der Waals surface area contributed by atoms with Crippen molar-refractivity contribution >= 4 is 55.9 Å². The fourth-order valence-corrected chi connectivity index (χ4v) is 5.04. The summed E-state index contributed by atoms with van der Waals surface area (Å²) in [5, 5.41) is 6.21. The molecule has 0 aliphatic heterocycles. The number of carbonyl (C=O) groups excluding carboxylic acids is 1. The summed E-state index contributed by atoms with van der Waals surface area (Å²) >= 11 is 6.37. The fourth-order valence-electron chi connectivity index (χ4n) is 3.82. The standard InChI is InChI=1S/C27H24ClN7O4S/c1-39-19-9-10-21(28)24(16-19)33-25-26(32-23-8-3-2-7-22(23)31-25)34-40(37,38)20-6-4-5-18(15-20)27(36)30-12-14-35-13-11-29-17-35/h2-11,13,15-17H,12,14H2,1H3,(H,30,36)(H,31,33)(H,32,34). The SMILES string of the molecule is COc1ccc(Cl)c(Nc2nc3ccccc3nc2NS(=O)(=O)c2cccc(C(=O)NCCn3ccnc3)c2)c1. The van der Waals surface area contributed by atoms with Crippen LogP contribution in [0.1, 0.15) is 10.4 Å². The Morgan fingerprint density at radius 1 is 1.00 bits per heavy atom. The first kappa shape index (κ1) is 26.9. The normalized spacial score (nSPS) is 11.2. The minimum atomic E-state index is -4.17. The lowest BCUT2D eigenvalue weighted by molar-refractivity contribution is 0.0952. The number of hydrogen-bond donors (Lipinski definition) is 3. The Hall–Kier alpha value is -4.68. The summed E-state index contributed by atoms with van der Waals surface area (Å²) in [6.07, 6.45) is 5.08. The van der Waals surface area contributed by atoms with E-state index in [9.17, 15) is 13.2 Å². The molecule has 2 aromatic heterocycles. The van der Waals surface area contributed by atoms with Gasteiger partial charge in [-0.1, -0.05) is 29.8 Å². The molecule has 0 saturated carbocycles. The van der Waals surface area contributed by atoms with Crippen molar-refractivity contribution < 1.29 is 17.9 Å². The van der Waals surface area contributed by atoms with Crippen molar-refractivity contribution in [3.05, 3.63) is 96.0 Å².